The monoisotopic (exact) mass is 314 g/mol. The lowest BCUT2D eigenvalue weighted by Crippen LogP contribution is -1.79. The predicted molar refractivity (Wildman–Crippen MR) is 95.4 cm³/mol. The summed E-state index contributed by atoms with van der Waals surface area (Å²) in [4.78, 5) is 1.08. The minimum atomic E-state index is -0.101. The van der Waals surface area contributed by atoms with E-state index in [9.17, 15) is 4.39 Å². The van der Waals surface area contributed by atoms with Crippen LogP contribution in [0.4, 0.5) is 4.39 Å². The number of benzene rings is 3. The molecule has 4 aromatic rings. The smallest absolute Gasteiger partial charge is 0.177 e. The molecule has 0 saturated carbocycles. The summed E-state index contributed by atoms with van der Waals surface area (Å²) in [5.41, 5.74) is 9.97. The van der Waals surface area contributed by atoms with E-state index in [4.69, 9.17) is 0 Å². The van der Waals surface area contributed by atoms with Crippen molar-refractivity contribution in [3.63, 3.8) is 0 Å². The lowest BCUT2D eigenvalue weighted by Gasteiger charge is -2.06. The van der Waals surface area contributed by atoms with Gasteiger partial charge in [0.25, 0.3) is 0 Å². The number of halogens is 1. The van der Waals surface area contributed by atoms with E-state index in [-0.39, 0.29) is 5.13 Å². The summed E-state index contributed by atoms with van der Waals surface area (Å²) in [5, 5.41) is 2.54. The van der Waals surface area contributed by atoms with Gasteiger partial charge in [0.2, 0.25) is 0 Å². The van der Waals surface area contributed by atoms with Crippen LogP contribution in [0.5, 0.6) is 0 Å². The van der Waals surface area contributed by atoms with Gasteiger partial charge in [-0.1, -0.05) is 48.0 Å². The van der Waals surface area contributed by atoms with Gasteiger partial charge in [-0.15, -0.1) is 11.3 Å². The SMILES string of the molecule is Cc1ccc2c(c1)-c1ccc3c4c(ccc-2c14)-c1cc(F)sc1-3. The fourth-order valence-electron chi connectivity index (χ4n) is 4.23. The molecule has 0 atom stereocenters. The molecule has 2 aliphatic rings. The maximum atomic E-state index is 13.7. The summed E-state index contributed by atoms with van der Waals surface area (Å²) < 4.78 is 13.7. The van der Waals surface area contributed by atoms with E-state index < -0.39 is 0 Å². The molecule has 6 rings (SSSR count). The molecule has 2 heteroatoms. The molecule has 0 aliphatic heterocycles. The van der Waals surface area contributed by atoms with Crippen LogP contribution in [0.1, 0.15) is 5.56 Å². The van der Waals surface area contributed by atoms with E-state index >= 15 is 0 Å². The third-order valence-electron chi connectivity index (χ3n) is 5.15. The Kier molecular flexibility index (Phi) is 1.94. The van der Waals surface area contributed by atoms with E-state index in [1.807, 2.05) is 0 Å². The highest BCUT2D eigenvalue weighted by molar-refractivity contribution is 7.15. The molecule has 0 saturated heterocycles. The molecule has 1 aromatic heterocycles. The van der Waals surface area contributed by atoms with Gasteiger partial charge in [-0.3, -0.25) is 0 Å². The molecule has 23 heavy (non-hydrogen) atoms. The average molecular weight is 314 g/mol. The molecule has 2 aliphatic carbocycles. The molecule has 0 nitrogen and oxygen atoms in total. The second kappa shape index (κ2) is 3.72. The van der Waals surface area contributed by atoms with Crippen molar-refractivity contribution in [2.24, 2.45) is 0 Å². The van der Waals surface area contributed by atoms with E-state index in [0.29, 0.717) is 0 Å². The molecule has 0 N–H and O–H groups in total. The van der Waals surface area contributed by atoms with Gasteiger partial charge >= 0.3 is 0 Å². The maximum absolute atomic E-state index is 13.7. The average Bonchev–Trinajstić information content (AvgIpc) is 3.15. The summed E-state index contributed by atoms with van der Waals surface area (Å²) in [6.45, 7) is 2.14. The van der Waals surface area contributed by atoms with Crippen LogP contribution in [-0.2, 0) is 0 Å². The zero-order valence-corrected chi connectivity index (χ0v) is 13.2. The number of fused-ring (bicyclic) bond motifs is 6. The highest BCUT2D eigenvalue weighted by Crippen LogP contribution is 2.57. The molecule has 1 heterocycles. The Balaban J connectivity index is 1.83. The predicted octanol–water partition coefficient (Wildman–Crippen LogP) is 6.64. The first-order valence-corrected chi connectivity index (χ1v) is 8.55. The molecule has 0 unspecified atom stereocenters. The standard InChI is InChI=1S/C21H11FS/c1-10-2-3-11-12-4-5-14-17-9-18(22)23-21(17)15-7-6-13(16(11)8-10)19(12)20(14)15/h2-9H,1H3. The molecule has 0 spiro atoms. The maximum Gasteiger partial charge on any atom is 0.177 e. The van der Waals surface area contributed by atoms with Crippen LogP contribution in [-0.4, -0.2) is 0 Å². The Morgan fingerprint density at radius 3 is 2.09 bits per heavy atom. The summed E-state index contributed by atoms with van der Waals surface area (Å²) >= 11 is 1.26. The van der Waals surface area contributed by atoms with Gasteiger partial charge in [-0.2, -0.15) is 4.39 Å². The van der Waals surface area contributed by atoms with E-state index in [0.717, 1.165) is 10.4 Å². The summed E-state index contributed by atoms with van der Waals surface area (Å²) in [7, 11) is 0. The first-order valence-electron chi connectivity index (χ1n) is 7.73. The van der Waals surface area contributed by atoms with Crippen molar-refractivity contribution in [1.82, 2.24) is 0 Å². The molecule has 0 bridgehead atoms. The van der Waals surface area contributed by atoms with Crippen LogP contribution < -0.4 is 0 Å². The quantitative estimate of drug-likeness (QED) is 0.295. The van der Waals surface area contributed by atoms with E-state index in [1.54, 1.807) is 6.07 Å². The second-order valence-electron chi connectivity index (χ2n) is 6.41. The Labute approximate surface area is 136 Å². The first kappa shape index (κ1) is 12.0. The van der Waals surface area contributed by atoms with Crippen LogP contribution in [0.25, 0.3) is 54.6 Å². The normalized spacial score (nSPS) is 12.8. The van der Waals surface area contributed by atoms with Gasteiger partial charge in [0, 0.05) is 16.0 Å². The highest BCUT2D eigenvalue weighted by atomic mass is 32.1. The second-order valence-corrected chi connectivity index (χ2v) is 7.42. The van der Waals surface area contributed by atoms with Crippen molar-refractivity contribution in [2.45, 2.75) is 6.92 Å². The van der Waals surface area contributed by atoms with Crippen LogP contribution in [0.15, 0.2) is 48.5 Å². The number of thiophene rings is 1. The third-order valence-corrected chi connectivity index (χ3v) is 6.11. The number of rotatable bonds is 0. The summed E-state index contributed by atoms with van der Waals surface area (Å²) in [6.07, 6.45) is 0. The van der Waals surface area contributed by atoms with Crippen molar-refractivity contribution in [1.29, 1.82) is 0 Å². The van der Waals surface area contributed by atoms with Crippen molar-refractivity contribution in [3.05, 3.63) is 59.2 Å². The largest absolute Gasteiger partial charge is 0.195 e. The summed E-state index contributed by atoms with van der Waals surface area (Å²) in [6, 6.07) is 17.1. The Hall–Kier alpha value is -2.45. The Morgan fingerprint density at radius 2 is 1.26 bits per heavy atom. The van der Waals surface area contributed by atoms with Crippen molar-refractivity contribution < 1.29 is 4.39 Å². The fourth-order valence-corrected chi connectivity index (χ4v) is 5.17. The molecule has 0 fully saturated rings. The first-order chi connectivity index (χ1) is 11.2. The number of hydrogen-bond donors (Lipinski definition) is 0. The summed E-state index contributed by atoms with van der Waals surface area (Å²) in [5.74, 6) is 0. The minimum Gasteiger partial charge on any atom is -0.195 e. The van der Waals surface area contributed by atoms with Gasteiger partial charge < -0.3 is 0 Å². The van der Waals surface area contributed by atoms with Crippen molar-refractivity contribution >= 4 is 22.1 Å². The molecule has 108 valence electrons. The third kappa shape index (κ3) is 1.28. The van der Waals surface area contributed by atoms with Crippen LogP contribution in [0.3, 0.4) is 0 Å². The van der Waals surface area contributed by atoms with Gasteiger partial charge in [-0.05, 0) is 51.6 Å². The molecular formula is C21H11FS. The zero-order chi connectivity index (χ0) is 15.3. The topological polar surface area (TPSA) is 0 Å². The highest BCUT2D eigenvalue weighted by Gasteiger charge is 2.30. The Morgan fingerprint density at radius 1 is 0.652 bits per heavy atom. The fraction of sp³-hybridized carbons (Fsp3) is 0.0476. The van der Waals surface area contributed by atoms with Crippen molar-refractivity contribution in [3.8, 4) is 43.8 Å². The van der Waals surface area contributed by atoms with Crippen molar-refractivity contribution in [2.75, 3.05) is 0 Å². The van der Waals surface area contributed by atoms with Gasteiger partial charge in [-0.25, -0.2) is 0 Å². The zero-order valence-electron chi connectivity index (χ0n) is 12.4. The molecule has 0 amide bonds. The van der Waals surface area contributed by atoms with Gasteiger partial charge in [0.1, 0.15) is 0 Å². The number of aryl methyl sites for hydroxylation is 1. The lowest BCUT2D eigenvalue weighted by atomic mass is 9.98. The van der Waals surface area contributed by atoms with E-state index in [2.05, 4.69) is 49.4 Å². The van der Waals surface area contributed by atoms with Crippen LogP contribution >= 0.6 is 11.3 Å². The molecular weight excluding hydrogens is 303 g/mol. The van der Waals surface area contributed by atoms with E-state index in [1.165, 1.54) is 61.1 Å². The van der Waals surface area contributed by atoms with Crippen LogP contribution in [0, 0.1) is 12.1 Å². The van der Waals surface area contributed by atoms with Gasteiger partial charge in [0.15, 0.2) is 5.13 Å². The van der Waals surface area contributed by atoms with Crippen LogP contribution in [0.2, 0.25) is 0 Å². The number of hydrogen-bond acceptors (Lipinski definition) is 1. The van der Waals surface area contributed by atoms with Gasteiger partial charge in [0.05, 0.1) is 0 Å². The minimum absolute atomic E-state index is 0.101. The molecule has 3 aromatic carbocycles. The Bertz CT molecular complexity index is 1150. The lowest BCUT2D eigenvalue weighted by molar-refractivity contribution is 0.657. The molecule has 0 radical (unpaired) electrons.